The van der Waals surface area contributed by atoms with Crippen molar-refractivity contribution in [1.29, 1.82) is 0 Å². The molecule has 0 radical (unpaired) electrons. The summed E-state index contributed by atoms with van der Waals surface area (Å²) in [5.74, 6) is -0.551. The molecule has 1 aromatic rings. The van der Waals surface area contributed by atoms with E-state index in [-0.39, 0.29) is 11.3 Å². The maximum atomic E-state index is 13.2. The van der Waals surface area contributed by atoms with Gasteiger partial charge in [0, 0.05) is 6.07 Å². The standard InChI is InChI=1S/C12H14FNO3/c13-9-4-5-11(14(16)17)10(8-9)12(15)6-2-1-3-7-12/h4-5,8,15H,1-3,6-7H2. The maximum absolute atomic E-state index is 13.2. The Morgan fingerprint density at radius 1 is 1.29 bits per heavy atom. The average molecular weight is 239 g/mol. The highest BCUT2D eigenvalue weighted by Crippen LogP contribution is 2.41. The molecule has 0 amide bonds. The van der Waals surface area contributed by atoms with Crippen LogP contribution in [0.1, 0.15) is 37.7 Å². The van der Waals surface area contributed by atoms with E-state index in [1.54, 1.807) is 0 Å². The molecule has 0 bridgehead atoms. The van der Waals surface area contributed by atoms with Crippen molar-refractivity contribution in [2.75, 3.05) is 0 Å². The van der Waals surface area contributed by atoms with Gasteiger partial charge in [0.25, 0.3) is 5.69 Å². The number of hydrogen-bond donors (Lipinski definition) is 1. The van der Waals surface area contributed by atoms with E-state index < -0.39 is 16.3 Å². The van der Waals surface area contributed by atoms with Crippen LogP contribution in [-0.4, -0.2) is 10.0 Å². The van der Waals surface area contributed by atoms with Crippen LogP contribution in [-0.2, 0) is 5.60 Å². The molecule has 5 heteroatoms. The third-order valence-corrected chi connectivity index (χ3v) is 3.34. The summed E-state index contributed by atoms with van der Waals surface area (Å²) in [6.45, 7) is 0. The predicted octanol–water partition coefficient (Wildman–Crippen LogP) is 2.89. The van der Waals surface area contributed by atoms with Gasteiger partial charge >= 0.3 is 0 Å². The molecular weight excluding hydrogens is 225 g/mol. The van der Waals surface area contributed by atoms with Gasteiger partial charge < -0.3 is 5.11 Å². The lowest BCUT2D eigenvalue weighted by atomic mass is 9.79. The molecule has 1 fully saturated rings. The number of nitrogens with zero attached hydrogens (tertiary/aromatic N) is 1. The van der Waals surface area contributed by atoms with Gasteiger partial charge in [0.2, 0.25) is 0 Å². The quantitative estimate of drug-likeness (QED) is 0.637. The lowest BCUT2D eigenvalue weighted by Crippen LogP contribution is -2.29. The lowest BCUT2D eigenvalue weighted by Gasteiger charge is -2.32. The molecule has 0 aliphatic heterocycles. The van der Waals surface area contributed by atoms with Crippen LogP contribution < -0.4 is 0 Å². The van der Waals surface area contributed by atoms with E-state index in [4.69, 9.17) is 0 Å². The Kier molecular flexibility index (Phi) is 3.11. The van der Waals surface area contributed by atoms with Crippen LogP contribution >= 0.6 is 0 Å². The SMILES string of the molecule is O=[N+]([O-])c1ccc(F)cc1C1(O)CCCCC1. The fourth-order valence-corrected chi connectivity index (χ4v) is 2.45. The molecule has 1 saturated carbocycles. The number of hydrogen-bond acceptors (Lipinski definition) is 3. The van der Waals surface area contributed by atoms with E-state index in [0.29, 0.717) is 12.8 Å². The number of nitro groups is 1. The number of nitro benzene ring substituents is 1. The molecular formula is C12H14FNO3. The molecule has 0 heterocycles. The molecule has 0 spiro atoms. The number of aliphatic hydroxyl groups is 1. The number of benzene rings is 1. The minimum atomic E-state index is -1.25. The molecule has 1 aliphatic rings. The van der Waals surface area contributed by atoms with Crippen LogP contribution in [0, 0.1) is 15.9 Å². The Hall–Kier alpha value is -1.49. The Balaban J connectivity index is 2.48. The van der Waals surface area contributed by atoms with Crippen LogP contribution in [0.15, 0.2) is 18.2 Å². The van der Waals surface area contributed by atoms with Crippen LogP contribution in [0.2, 0.25) is 0 Å². The second kappa shape index (κ2) is 4.41. The van der Waals surface area contributed by atoms with Crippen LogP contribution in [0.3, 0.4) is 0 Å². The van der Waals surface area contributed by atoms with Gasteiger partial charge in [-0.1, -0.05) is 19.3 Å². The summed E-state index contributed by atoms with van der Waals surface area (Å²) < 4.78 is 13.2. The van der Waals surface area contributed by atoms with Crippen molar-refractivity contribution in [3.63, 3.8) is 0 Å². The zero-order valence-corrected chi connectivity index (χ0v) is 9.36. The first-order valence-electron chi connectivity index (χ1n) is 5.70. The highest BCUT2D eigenvalue weighted by Gasteiger charge is 2.37. The molecule has 1 aromatic carbocycles. The first-order valence-corrected chi connectivity index (χ1v) is 5.70. The largest absolute Gasteiger partial charge is 0.385 e. The van der Waals surface area contributed by atoms with Crippen LogP contribution in [0.4, 0.5) is 10.1 Å². The van der Waals surface area contributed by atoms with E-state index in [2.05, 4.69) is 0 Å². The van der Waals surface area contributed by atoms with Gasteiger partial charge in [-0.25, -0.2) is 4.39 Å². The Morgan fingerprint density at radius 2 is 1.94 bits per heavy atom. The third kappa shape index (κ3) is 2.29. The predicted molar refractivity (Wildman–Crippen MR) is 60.0 cm³/mol. The Morgan fingerprint density at radius 3 is 2.53 bits per heavy atom. The lowest BCUT2D eigenvalue weighted by molar-refractivity contribution is -0.386. The van der Waals surface area contributed by atoms with Gasteiger partial charge in [-0.05, 0) is 25.0 Å². The van der Waals surface area contributed by atoms with Gasteiger partial charge in [0.1, 0.15) is 5.82 Å². The summed E-state index contributed by atoms with van der Waals surface area (Å²) in [5, 5.41) is 21.3. The van der Waals surface area contributed by atoms with Crippen molar-refractivity contribution in [1.82, 2.24) is 0 Å². The summed E-state index contributed by atoms with van der Waals surface area (Å²) in [4.78, 5) is 10.3. The first kappa shape index (κ1) is 12.0. The summed E-state index contributed by atoms with van der Waals surface area (Å²) >= 11 is 0. The maximum Gasteiger partial charge on any atom is 0.275 e. The van der Waals surface area contributed by atoms with Crippen molar-refractivity contribution < 1.29 is 14.4 Å². The molecule has 0 saturated heterocycles. The normalized spacial score (nSPS) is 18.9. The smallest absolute Gasteiger partial charge is 0.275 e. The molecule has 17 heavy (non-hydrogen) atoms. The first-order chi connectivity index (χ1) is 8.03. The minimum Gasteiger partial charge on any atom is -0.385 e. The van der Waals surface area contributed by atoms with Crippen molar-refractivity contribution in [3.8, 4) is 0 Å². The van der Waals surface area contributed by atoms with E-state index >= 15 is 0 Å². The zero-order chi connectivity index (χ0) is 12.5. The summed E-state index contributed by atoms with van der Waals surface area (Å²) in [5.41, 5.74) is -1.33. The molecule has 4 nitrogen and oxygen atoms in total. The average Bonchev–Trinajstić information content (AvgIpc) is 2.29. The second-order valence-electron chi connectivity index (χ2n) is 4.51. The number of rotatable bonds is 2. The van der Waals surface area contributed by atoms with E-state index in [1.807, 2.05) is 0 Å². The van der Waals surface area contributed by atoms with Crippen molar-refractivity contribution in [2.45, 2.75) is 37.7 Å². The molecule has 1 aliphatic carbocycles. The molecule has 0 aromatic heterocycles. The minimum absolute atomic E-state index is 0.113. The fraction of sp³-hybridized carbons (Fsp3) is 0.500. The van der Waals surface area contributed by atoms with Gasteiger partial charge in [-0.3, -0.25) is 10.1 Å². The molecule has 0 atom stereocenters. The highest BCUT2D eigenvalue weighted by molar-refractivity contribution is 5.44. The van der Waals surface area contributed by atoms with Crippen LogP contribution in [0.25, 0.3) is 0 Å². The van der Waals surface area contributed by atoms with Crippen molar-refractivity contribution in [3.05, 3.63) is 39.7 Å². The Labute approximate surface area is 98.2 Å². The van der Waals surface area contributed by atoms with Gasteiger partial charge in [-0.2, -0.15) is 0 Å². The molecule has 0 unspecified atom stereocenters. The summed E-state index contributed by atoms with van der Waals surface area (Å²) in [7, 11) is 0. The second-order valence-corrected chi connectivity index (χ2v) is 4.51. The van der Waals surface area contributed by atoms with E-state index in [0.717, 1.165) is 37.5 Å². The summed E-state index contributed by atoms with van der Waals surface area (Å²) in [6, 6.07) is 3.26. The topological polar surface area (TPSA) is 63.4 Å². The van der Waals surface area contributed by atoms with Gasteiger partial charge in [0.05, 0.1) is 16.1 Å². The number of halogens is 1. The summed E-state index contributed by atoms with van der Waals surface area (Å²) in [6.07, 6.45) is 3.54. The Bertz CT molecular complexity index is 441. The molecule has 1 N–H and O–H groups in total. The fourth-order valence-electron chi connectivity index (χ4n) is 2.45. The van der Waals surface area contributed by atoms with Crippen molar-refractivity contribution in [2.24, 2.45) is 0 Å². The molecule has 2 rings (SSSR count). The zero-order valence-electron chi connectivity index (χ0n) is 9.36. The monoisotopic (exact) mass is 239 g/mol. The molecule has 92 valence electrons. The third-order valence-electron chi connectivity index (χ3n) is 3.34. The van der Waals surface area contributed by atoms with Crippen LogP contribution in [0.5, 0.6) is 0 Å². The highest BCUT2D eigenvalue weighted by atomic mass is 19.1. The van der Waals surface area contributed by atoms with Gasteiger partial charge in [-0.15, -0.1) is 0 Å². The van der Waals surface area contributed by atoms with Crippen molar-refractivity contribution >= 4 is 5.69 Å². The van der Waals surface area contributed by atoms with E-state index in [9.17, 15) is 19.6 Å². The van der Waals surface area contributed by atoms with Gasteiger partial charge in [0.15, 0.2) is 0 Å². The van der Waals surface area contributed by atoms with E-state index in [1.165, 1.54) is 0 Å².